The number of para-hydroxylation sites is 1. The zero-order chi connectivity index (χ0) is 34.2. The van der Waals surface area contributed by atoms with E-state index in [4.69, 9.17) is 4.74 Å². The van der Waals surface area contributed by atoms with E-state index in [0.717, 1.165) is 58.8 Å². The van der Waals surface area contributed by atoms with Crippen LogP contribution < -0.4 is 5.32 Å². The van der Waals surface area contributed by atoms with Gasteiger partial charge in [0, 0.05) is 81.4 Å². The van der Waals surface area contributed by atoms with Crippen LogP contribution in [0.5, 0.6) is 0 Å². The van der Waals surface area contributed by atoms with Gasteiger partial charge in [0.2, 0.25) is 0 Å². The fourth-order valence-electron chi connectivity index (χ4n) is 8.69. The Balaban J connectivity index is 0.901. The van der Waals surface area contributed by atoms with Crippen molar-refractivity contribution in [2.75, 3.05) is 64.2 Å². The smallest absolute Gasteiger partial charge is 0.410 e. The van der Waals surface area contributed by atoms with Crippen LogP contribution in [0.2, 0.25) is 0 Å². The summed E-state index contributed by atoms with van der Waals surface area (Å²) in [4.78, 5) is 51.8. The summed E-state index contributed by atoms with van der Waals surface area (Å²) in [7, 11) is 0. The van der Waals surface area contributed by atoms with Crippen LogP contribution in [0.1, 0.15) is 55.2 Å². The molecule has 4 amide bonds. The number of ether oxygens (including phenoxy) is 1. The van der Waals surface area contributed by atoms with Crippen LogP contribution in [0.4, 0.5) is 15.3 Å². The van der Waals surface area contributed by atoms with Crippen LogP contribution in [0, 0.1) is 6.92 Å². The molecule has 266 valence electrons. The second-order valence-electron chi connectivity index (χ2n) is 14.9. The molecule has 2 N–H and O–H groups in total. The molecule has 5 aliphatic rings. The van der Waals surface area contributed by atoms with Gasteiger partial charge in [0.05, 0.1) is 11.7 Å². The second kappa shape index (κ2) is 14.2. The Labute approximate surface area is 294 Å². The molecule has 50 heavy (non-hydrogen) atoms. The molecule has 12 heteroatoms. The molecule has 4 fully saturated rings. The molecule has 0 bridgehead atoms. The first kappa shape index (κ1) is 33.0. The molecule has 1 aromatic heterocycles. The van der Waals surface area contributed by atoms with Gasteiger partial charge in [-0.05, 0) is 93.8 Å². The Morgan fingerprint density at radius 1 is 0.840 bits per heavy atom. The molecule has 8 rings (SSSR count). The highest BCUT2D eigenvalue weighted by atomic mass is 16.6. The summed E-state index contributed by atoms with van der Waals surface area (Å²) in [5.74, 6) is -0.123. The Hall–Kier alpha value is -4.16. The number of piperidine rings is 2. The number of nitrogens with one attached hydrogen (secondary N) is 2. The maximum absolute atomic E-state index is 14.2. The molecular weight excluding hydrogens is 632 g/mol. The zero-order valence-electron chi connectivity index (χ0n) is 29.2. The third-order valence-corrected chi connectivity index (χ3v) is 11.8. The molecule has 0 spiro atoms. The number of aromatic amines is 1. The van der Waals surface area contributed by atoms with Crippen molar-refractivity contribution in [1.29, 1.82) is 0 Å². The van der Waals surface area contributed by atoms with Gasteiger partial charge in [0.15, 0.2) is 6.10 Å². The first-order chi connectivity index (χ1) is 24.4. The van der Waals surface area contributed by atoms with Gasteiger partial charge in [-0.1, -0.05) is 24.3 Å². The predicted octanol–water partition coefficient (Wildman–Crippen LogP) is 4.24. The zero-order valence-corrected chi connectivity index (χ0v) is 29.2. The lowest BCUT2D eigenvalue weighted by Crippen LogP contribution is -2.56. The van der Waals surface area contributed by atoms with Crippen molar-refractivity contribution in [3.05, 3.63) is 59.3 Å². The predicted molar refractivity (Wildman–Crippen MR) is 191 cm³/mol. The second-order valence-corrected chi connectivity index (χ2v) is 14.9. The number of amides is 4. The number of H-pyrrole nitrogens is 1. The number of carbonyl (C=O) groups is 3. The number of aromatic nitrogens is 2. The minimum atomic E-state index is -0.924. The number of anilines is 1. The van der Waals surface area contributed by atoms with E-state index in [1.165, 1.54) is 38.8 Å². The number of rotatable bonds is 7. The van der Waals surface area contributed by atoms with Gasteiger partial charge in [-0.25, -0.2) is 9.59 Å². The van der Waals surface area contributed by atoms with Crippen molar-refractivity contribution in [3.8, 4) is 0 Å². The fourth-order valence-corrected chi connectivity index (χ4v) is 8.69. The third kappa shape index (κ3) is 7.05. The fraction of sp³-hybridized carbons (Fsp3) is 0.579. The number of urea groups is 1. The average molecular weight is 683 g/mol. The van der Waals surface area contributed by atoms with Crippen LogP contribution in [0.25, 0.3) is 10.9 Å². The Morgan fingerprint density at radius 3 is 2.30 bits per heavy atom. The molecule has 12 nitrogen and oxygen atoms in total. The number of carbonyl (C=O) groups excluding carboxylic acids is 3. The van der Waals surface area contributed by atoms with E-state index in [0.29, 0.717) is 58.0 Å². The van der Waals surface area contributed by atoms with Crippen LogP contribution >= 0.6 is 0 Å². The van der Waals surface area contributed by atoms with Crippen LogP contribution in [0.3, 0.4) is 0 Å². The van der Waals surface area contributed by atoms with E-state index >= 15 is 0 Å². The summed E-state index contributed by atoms with van der Waals surface area (Å²) in [5, 5.41) is 11.3. The van der Waals surface area contributed by atoms with Crippen LogP contribution in [-0.4, -0.2) is 136 Å². The monoisotopic (exact) mass is 682 g/mol. The van der Waals surface area contributed by atoms with Crippen molar-refractivity contribution in [2.24, 2.45) is 0 Å². The molecule has 1 atom stereocenters. The van der Waals surface area contributed by atoms with E-state index < -0.39 is 12.2 Å². The largest absolute Gasteiger partial charge is 0.436 e. The minimum absolute atomic E-state index is 0.0349. The van der Waals surface area contributed by atoms with E-state index in [9.17, 15) is 14.4 Å². The van der Waals surface area contributed by atoms with Gasteiger partial charge in [-0.2, -0.15) is 5.10 Å². The highest BCUT2D eigenvalue weighted by Gasteiger charge is 2.38. The topological polar surface area (TPSA) is 117 Å². The van der Waals surface area contributed by atoms with Gasteiger partial charge >= 0.3 is 12.1 Å². The van der Waals surface area contributed by atoms with Crippen LogP contribution in [-0.2, 0) is 22.4 Å². The van der Waals surface area contributed by atoms with Gasteiger partial charge in [-0.3, -0.25) is 14.8 Å². The number of likely N-dealkylation sites (tertiary alicyclic amines) is 2. The molecule has 3 saturated heterocycles. The maximum atomic E-state index is 14.2. The van der Waals surface area contributed by atoms with Crippen molar-refractivity contribution in [1.82, 2.24) is 34.7 Å². The van der Waals surface area contributed by atoms with Gasteiger partial charge in [0.1, 0.15) is 0 Å². The molecule has 3 aromatic rings. The maximum Gasteiger partial charge on any atom is 0.410 e. The van der Waals surface area contributed by atoms with E-state index in [1.807, 2.05) is 41.0 Å². The molecule has 1 saturated carbocycles. The average Bonchev–Trinajstić information content (AvgIpc) is 3.91. The number of piperazine rings is 1. The summed E-state index contributed by atoms with van der Waals surface area (Å²) < 4.78 is 6.15. The van der Waals surface area contributed by atoms with Crippen molar-refractivity contribution in [3.63, 3.8) is 0 Å². The third-order valence-electron chi connectivity index (χ3n) is 11.8. The lowest BCUT2D eigenvalue weighted by atomic mass is 10.0. The number of hydrogen-bond donors (Lipinski definition) is 2. The quantitative estimate of drug-likeness (QED) is 0.383. The summed E-state index contributed by atoms with van der Waals surface area (Å²) in [6.07, 6.45) is 7.94. The highest BCUT2D eigenvalue weighted by Crippen LogP contribution is 2.31. The number of fused-ring (bicyclic) bond motifs is 2. The lowest BCUT2D eigenvalue weighted by Gasteiger charge is -2.43. The highest BCUT2D eigenvalue weighted by molar-refractivity contribution is 5.91. The normalized spacial score (nSPS) is 22.3. The molecule has 0 unspecified atom stereocenters. The SMILES string of the molecule is Cc1cc(C[C@@H](OC(=O)N2CCC(N3CCc4ccccc4NC3=O)CC2)C(=O)N2CCN(C3CCN(C4CC4)CC3)CC2)cc2cn[nH]c12. The summed E-state index contributed by atoms with van der Waals surface area (Å²) >= 11 is 0. The molecule has 5 heterocycles. The van der Waals surface area contributed by atoms with Crippen molar-refractivity contribution < 1.29 is 19.1 Å². The molecular formula is C38H50N8O4. The lowest BCUT2D eigenvalue weighted by molar-refractivity contribution is -0.143. The van der Waals surface area contributed by atoms with Gasteiger partial charge in [0.25, 0.3) is 5.91 Å². The van der Waals surface area contributed by atoms with Gasteiger partial charge in [-0.15, -0.1) is 0 Å². The minimum Gasteiger partial charge on any atom is -0.436 e. The molecule has 1 aliphatic carbocycles. The van der Waals surface area contributed by atoms with Crippen molar-refractivity contribution >= 4 is 34.6 Å². The number of hydrogen-bond acceptors (Lipinski definition) is 7. The Bertz CT molecular complexity index is 1700. The number of nitrogens with zero attached hydrogens (tertiary/aromatic N) is 6. The van der Waals surface area contributed by atoms with Crippen LogP contribution in [0.15, 0.2) is 42.6 Å². The molecule has 2 aromatic carbocycles. The summed E-state index contributed by atoms with van der Waals surface area (Å²) in [6.45, 7) is 8.96. The molecule has 0 radical (unpaired) electrons. The number of aryl methyl sites for hydroxylation is 1. The van der Waals surface area contributed by atoms with Crippen molar-refractivity contribution in [2.45, 2.75) is 82.5 Å². The van der Waals surface area contributed by atoms with E-state index in [-0.39, 0.29) is 18.0 Å². The Kier molecular flexibility index (Phi) is 9.39. The Morgan fingerprint density at radius 2 is 1.54 bits per heavy atom. The van der Waals surface area contributed by atoms with E-state index in [1.54, 1.807) is 11.1 Å². The number of benzene rings is 2. The first-order valence-corrected chi connectivity index (χ1v) is 18.7. The van der Waals surface area contributed by atoms with Gasteiger partial charge < -0.3 is 29.7 Å². The summed E-state index contributed by atoms with van der Waals surface area (Å²) in [5.41, 5.74) is 4.96. The standard InChI is InChI=1S/C38H50N8O4/c1-26-22-27(23-29-25-39-41-35(26)29)24-34(36(47)44-20-18-43(19-21-44)31-9-13-42(14-10-31)30-6-7-30)50-38(49)45-15-11-32(12-16-45)46-17-8-28-4-2-3-5-33(28)40-37(46)48/h2-5,22-23,25,30-32,34H,6-21,24H2,1H3,(H,39,41)(H,40,48)/t34-/m1/s1. The summed E-state index contributed by atoms with van der Waals surface area (Å²) in [6, 6.07) is 13.4. The molecule has 4 aliphatic heterocycles. The first-order valence-electron chi connectivity index (χ1n) is 18.7. The van der Waals surface area contributed by atoms with E-state index in [2.05, 4.69) is 37.4 Å².